The number of piperazine rings is 1. The molecule has 3 fully saturated rings. The second-order valence-electron chi connectivity index (χ2n) is 6.99. The maximum atomic E-state index is 1.97. The predicted octanol–water partition coefficient (Wildman–Crippen LogP) is 0.435. The second kappa shape index (κ2) is 6.38. The normalized spacial score (nSPS) is 36.7. The van der Waals surface area contributed by atoms with Crippen molar-refractivity contribution in [3.8, 4) is 0 Å². The van der Waals surface area contributed by atoms with E-state index in [1.54, 1.807) is 0 Å². The Morgan fingerprint density at radius 2 is 0.778 bits per heavy atom. The van der Waals surface area contributed by atoms with Crippen LogP contribution in [0.25, 0.3) is 0 Å². The number of hydrogen-bond donors (Lipinski definition) is 2. The molecule has 2 N–H and O–H groups in total. The topological polar surface area (TPSA) is 8.88 Å². The van der Waals surface area contributed by atoms with Crippen LogP contribution < -0.4 is 9.80 Å². The molecule has 1 saturated heterocycles. The van der Waals surface area contributed by atoms with Crippen LogP contribution >= 0.6 is 0 Å². The molecule has 0 aromatic carbocycles. The zero-order chi connectivity index (χ0) is 12.2. The van der Waals surface area contributed by atoms with E-state index in [1.165, 1.54) is 90.4 Å². The average molecular weight is 252 g/mol. The molecule has 0 radical (unpaired) electrons. The molecule has 0 aromatic rings. The van der Waals surface area contributed by atoms with Crippen LogP contribution in [0.2, 0.25) is 0 Å². The summed E-state index contributed by atoms with van der Waals surface area (Å²) >= 11 is 0. The van der Waals surface area contributed by atoms with Crippen LogP contribution in [0.4, 0.5) is 0 Å². The molecule has 2 aliphatic carbocycles. The van der Waals surface area contributed by atoms with Gasteiger partial charge in [0.1, 0.15) is 26.2 Å². The van der Waals surface area contributed by atoms with Crippen LogP contribution in [0.5, 0.6) is 0 Å². The average Bonchev–Trinajstić information content (AvgIpc) is 2.49. The lowest BCUT2D eigenvalue weighted by Gasteiger charge is -2.39. The summed E-state index contributed by atoms with van der Waals surface area (Å²) in [5, 5.41) is 0. The van der Waals surface area contributed by atoms with Gasteiger partial charge in [-0.2, -0.15) is 0 Å². The first-order valence-electron chi connectivity index (χ1n) is 8.62. The lowest BCUT2D eigenvalue weighted by atomic mass is 9.92. The highest BCUT2D eigenvalue weighted by molar-refractivity contribution is 4.66. The van der Waals surface area contributed by atoms with Crippen molar-refractivity contribution in [3.63, 3.8) is 0 Å². The summed E-state index contributed by atoms with van der Waals surface area (Å²) in [6, 6.07) is 2.07. The van der Waals surface area contributed by atoms with Gasteiger partial charge in [-0.1, -0.05) is 12.8 Å². The number of nitrogens with one attached hydrogen (secondary N) is 2. The molecule has 0 aromatic heterocycles. The highest BCUT2D eigenvalue weighted by Gasteiger charge is 2.33. The Balaban J connectivity index is 1.45. The minimum Gasteiger partial charge on any atom is -0.323 e. The zero-order valence-corrected chi connectivity index (χ0v) is 12.1. The van der Waals surface area contributed by atoms with Crippen molar-refractivity contribution >= 4 is 0 Å². The van der Waals surface area contributed by atoms with Crippen molar-refractivity contribution in [2.24, 2.45) is 0 Å². The molecule has 2 nitrogen and oxygen atoms in total. The molecule has 2 saturated carbocycles. The van der Waals surface area contributed by atoms with Gasteiger partial charge in [0.05, 0.1) is 12.1 Å². The predicted molar refractivity (Wildman–Crippen MR) is 75.1 cm³/mol. The molecular weight excluding hydrogens is 220 g/mol. The first-order chi connectivity index (χ1) is 8.93. The van der Waals surface area contributed by atoms with E-state index in [0.29, 0.717) is 0 Å². The van der Waals surface area contributed by atoms with Gasteiger partial charge in [-0.25, -0.2) is 0 Å². The van der Waals surface area contributed by atoms with Crippen LogP contribution in [0.15, 0.2) is 0 Å². The lowest BCUT2D eigenvalue weighted by molar-refractivity contribution is -1.03. The van der Waals surface area contributed by atoms with Crippen LogP contribution in [-0.4, -0.2) is 38.3 Å². The Morgan fingerprint density at radius 3 is 1.11 bits per heavy atom. The summed E-state index contributed by atoms with van der Waals surface area (Å²) in [4.78, 5) is 3.93. The van der Waals surface area contributed by atoms with Crippen molar-refractivity contribution < 1.29 is 9.80 Å². The quantitative estimate of drug-likeness (QED) is 0.705. The van der Waals surface area contributed by atoms with Crippen molar-refractivity contribution in [1.82, 2.24) is 0 Å². The smallest absolute Gasteiger partial charge is 0.127 e. The molecule has 1 heterocycles. The van der Waals surface area contributed by atoms with E-state index < -0.39 is 0 Å². The number of quaternary nitrogens is 2. The molecule has 0 bridgehead atoms. The van der Waals surface area contributed by atoms with E-state index in [2.05, 4.69) is 0 Å². The summed E-state index contributed by atoms with van der Waals surface area (Å²) in [6.45, 7) is 5.88. The zero-order valence-electron chi connectivity index (χ0n) is 12.1. The van der Waals surface area contributed by atoms with E-state index in [9.17, 15) is 0 Å². The molecule has 3 rings (SSSR count). The highest BCUT2D eigenvalue weighted by atomic mass is 15.3. The van der Waals surface area contributed by atoms with Gasteiger partial charge in [0.15, 0.2) is 0 Å². The third-order valence-electron chi connectivity index (χ3n) is 5.90. The molecule has 0 atom stereocenters. The summed E-state index contributed by atoms with van der Waals surface area (Å²) in [5.74, 6) is 0. The minimum atomic E-state index is 1.03. The molecule has 2 heteroatoms. The Hall–Kier alpha value is -0.0800. The molecule has 0 amide bonds. The van der Waals surface area contributed by atoms with E-state index >= 15 is 0 Å². The number of rotatable bonds is 2. The molecule has 18 heavy (non-hydrogen) atoms. The third-order valence-corrected chi connectivity index (χ3v) is 5.90. The van der Waals surface area contributed by atoms with Crippen LogP contribution in [-0.2, 0) is 0 Å². The Bertz CT molecular complexity index is 207. The van der Waals surface area contributed by atoms with Gasteiger partial charge in [0.25, 0.3) is 0 Å². The van der Waals surface area contributed by atoms with Crippen molar-refractivity contribution in [2.75, 3.05) is 26.2 Å². The van der Waals surface area contributed by atoms with Gasteiger partial charge in [-0.3, -0.25) is 0 Å². The maximum absolute atomic E-state index is 1.97. The summed E-state index contributed by atoms with van der Waals surface area (Å²) < 4.78 is 0. The molecule has 104 valence electrons. The molecule has 0 spiro atoms. The third kappa shape index (κ3) is 3.08. The van der Waals surface area contributed by atoms with Gasteiger partial charge in [0, 0.05) is 0 Å². The van der Waals surface area contributed by atoms with Gasteiger partial charge in [-0.15, -0.1) is 0 Å². The van der Waals surface area contributed by atoms with Crippen LogP contribution in [0.3, 0.4) is 0 Å². The Kier molecular flexibility index (Phi) is 4.58. The van der Waals surface area contributed by atoms with E-state index in [0.717, 1.165) is 12.1 Å². The van der Waals surface area contributed by atoms with Crippen molar-refractivity contribution in [3.05, 3.63) is 0 Å². The monoisotopic (exact) mass is 252 g/mol. The minimum absolute atomic E-state index is 1.03. The fourth-order valence-electron chi connectivity index (χ4n) is 4.73. The second-order valence-corrected chi connectivity index (χ2v) is 6.99. The first kappa shape index (κ1) is 12.9. The summed E-state index contributed by atoms with van der Waals surface area (Å²) in [7, 11) is 0. The standard InChI is InChI=1S/C16H30N2/c1-3-7-15(8-4-1)17-11-13-18(14-12-17)16-9-5-2-6-10-16/h15-16H,1-14H2/p+2. The molecule has 0 unspecified atom stereocenters. The van der Waals surface area contributed by atoms with Crippen LogP contribution in [0, 0.1) is 0 Å². The highest BCUT2D eigenvalue weighted by Crippen LogP contribution is 2.16. The summed E-state index contributed by atoms with van der Waals surface area (Å²) in [6.07, 6.45) is 15.1. The van der Waals surface area contributed by atoms with Gasteiger partial charge >= 0.3 is 0 Å². The van der Waals surface area contributed by atoms with Gasteiger partial charge < -0.3 is 9.80 Å². The van der Waals surface area contributed by atoms with E-state index in [1.807, 2.05) is 9.80 Å². The largest absolute Gasteiger partial charge is 0.323 e. The maximum Gasteiger partial charge on any atom is 0.127 e. The molecular formula is C16H32N2+2. The SMILES string of the molecule is C1CCC([NH+]2CC[NH+](C3CCCCC3)CC2)CC1. The Morgan fingerprint density at radius 1 is 0.444 bits per heavy atom. The fourth-order valence-corrected chi connectivity index (χ4v) is 4.73. The van der Waals surface area contributed by atoms with E-state index in [4.69, 9.17) is 0 Å². The first-order valence-corrected chi connectivity index (χ1v) is 8.62. The molecule has 3 aliphatic rings. The summed E-state index contributed by atoms with van der Waals surface area (Å²) in [5.41, 5.74) is 0. The van der Waals surface area contributed by atoms with Gasteiger partial charge in [-0.05, 0) is 51.4 Å². The van der Waals surface area contributed by atoms with E-state index in [-0.39, 0.29) is 0 Å². The number of hydrogen-bond acceptors (Lipinski definition) is 0. The lowest BCUT2D eigenvalue weighted by Crippen LogP contribution is -3.31. The van der Waals surface area contributed by atoms with Crippen molar-refractivity contribution in [2.45, 2.75) is 76.3 Å². The molecule has 1 aliphatic heterocycles. The Labute approximate surface area is 113 Å². The fraction of sp³-hybridized carbons (Fsp3) is 1.00. The van der Waals surface area contributed by atoms with Gasteiger partial charge in [0.2, 0.25) is 0 Å². The van der Waals surface area contributed by atoms with Crippen molar-refractivity contribution in [1.29, 1.82) is 0 Å². The van der Waals surface area contributed by atoms with Crippen LogP contribution in [0.1, 0.15) is 64.2 Å².